The molecular weight excluding hydrogens is 274 g/mol. The number of nitrogens with one attached hydrogen (secondary N) is 2. The third kappa shape index (κ3) is 3.03. The second kappa shape index (κ2) is 6.01. The number of fused-ring (bicyclic) bond motifs is 1. The van der Waals surface area contributed by atoms with Crippen LogP contribution in [0.3, 0.4) is 0 Å². The van der Waals surface area contributed by atoms with Gasteiger partial charge < -0.3 is 15.5 Å². The molecule has 1 aromatic rings. The minimum atomic E-state index is -0.0728. The van der Waals surface area contributed by atoms with Crippen molar-refractivity contribution < 1.29 is 4.79 Å². The molecule has 4 heteroatoms. The van der Waals surface area contributed by atoms with Crippen LogP contribution in [0.4, 0.5) is 0 Å². The molecule has 118 valence electrons. The largest absolute Gasteiger partial charge is 0.352 e. The van der Waals surface area contributed by atoms with Gasteiger partial charge in [0, 0.05) is 31.7 Å². The van der Waals surface area contributed by atoms with E-state index in [-0.39, 0.29) is 11.9 Å². The molecule has 4 nitrogen and oxygen atoms in total. The molecule has 0 bridgehead atoms. The molecule has 1 aromatic carbocycles. The number of hydrogen-bond acceptors (Lipinski definition) is 3. The minimum Gasteiger partial charge on any atom is -0.352 e. The van der Waals surface area contributed by atoms with Crippen LogP contribution in [0.2, 0.25) is 0 Å². The molecule has 1 atom stereocenters. The Labute approximate surface area is 132 Å². The van der Waals surface area contributed by atoms with E-state index in [0.29, 0.717) is 6.04 Å². The number of amides is 1. The number of carbonyl (C=O) groups is 1. The van der Waals surface area contributed by atoms with Gasteiger partial charge in [-0.05, 0) is 43.2 Å². The van der Waals surface area contributed by atoms with Gasteiger partial charge >= 0.3 is 0 Å². The normalized spacial score (nSPS) is 26.5. The molecule has 3 aliphatic rings. The van der Waals surface area contributed by atoms with E-state index in [1.807, 2.05) is 0 Å². The summed E-state index contributed by atoms with van der Waals surface area (Å²) >= 11 is 0. The topological polar surface area (TPSA) is 44.4 Å². The zero-order valence-electron chi connectivity index (χ0n) is 13.1. The monoisotopic (exact) mass is 299 g/mol. The van der Waals surface area contributed by atoms with Crippen molar-refractivity contribution in [2.45, 2.75) is 56.8 Å². The van der Waals surface area contributed by atoms with E-state index in [1.54, 1.807) is 0 Å². The molecule has 2 fully saturated rings. The molecule has 1 amide bonds. The van der Waals surface area contributed by atoms with E-state index in [0.717, 1.165) is 44.9 Å². The molecule has 2 aliphatic heterocycles. The van der Waals surface area contributed by atoms with Crippen LogP contribution in [0.25, 0.3) is 0 Å². The summed E-state index contributed by atoms with van der Waals surface area (Å²) in [5.74, 6) is 0.180. The molecular formula is C18H25N3O. The lowest BCUT2D eigenvalue weighted by molar-refractivity contribution is -0.124. The first-order chi connectivity index (χ1) is 10.8. The minimum absolute atomic E-state index is 0.0728. The van der Waals surface area contributed by atoms with Crippen LogP contribution in [-0.4, -0.2) is 42.0 Å². The van der Waals surface area contributed by atoms with Crippen LogP contribution in [0.1, 0.15) is 36.8 Å². The van der Waals surface area contributed by atoms with E-state index in [1.165, 1.54) is 24.0 Å². The fourth-order valence-electron chi connectivity index (χ4n) is 3.79. The summed E-state index contributed by atoms with van der Waals surface area (Å²) in [6, 6.07) is 9.56. The van der Waals surface area contributed by atoms with Crippen LogP contribution < -0.4 is 10.6 Å². The van der Waals surface area contributed by atoms with Crippen LogP contribution >= 0.6 is 0 Å². The zero-order chi connectivity index (χ0) is 14.9. The van der Waals surface area contributed by atoms with Gasteiger partial charge in [-0.2, -0.15) is 0 Å². The Morgan fingerprint density at radius 1 is 1.09 bits per heavy atom. The molecule has 0 spiro atoms. The second-order valence-corrected chi connectivity index (χ2v) is 6.96. The molecule has 1 unspecified atom stereocenters. The molecule has 1 saturated carbocycles. The summed E-state index contributed by atoms with van der Waals surface area (Å²) in [6.07, 6.45) is 5.77. The van der Waals surface area contributed by atoms with E-state index >= 15 is 0 Å². The van der Waals surface area contributed by atoms with Crippen molar-refractivity contribution in [3.63, 3.8) is 0 Å². The fourth-order valence-corrected chi connectivity index (χ4v) is 3.79. The third-order valence-corrected chi connectivity index (χ3v) is 5.34. The number of hydrogen-bond donors (Lipinski definition) is 2. The Kier molecular flexibility index (Phi) is 3.89. The van der Waals surface area contributed by atoms with Crippen LogP contribution in [0.5, 0.6) is 0 Å². The maximum atomic E-state index is 12.5. The number of likely N-dealkylation sites (tertiary alicyclic amines) is 1. The van der Waals surface area contributed by atoms with E-state index < -0.39 is 0 Å². The number of piperidine rings is 1. The Hall–Kier alpha value is -1.39. The Morgan fingerprint density at radius 2 is 1.82 bits per heavy atom. The van der Waals surface area contributed by atoms with Gasteiger partial charge in [-0.1, -0.05) is 24.3 Å². The first kappa shape index (κ1) is 14.2. The molecule has 2 heterocycles. The molecule has 2 N–H and O–H groups in total. The molecule has 22 heavy (non-hydrogen) atoms. The van der Waals surface area contributed by atoms with Gasteiger partial charge in [0.1, 0.15) is 0 Å². The number of benzene rings is 1. The number of rotatable bonds is 3. The van der Waals surface area contributed by atoms with Gasteiger partial charge in [0.05, 0.1) is 6.04 Å². The lowest BCUT2D eigenvalue weighted by atomic mass is 9.95. The van der Waals surface area contributed by atoms with Crippen LogP contribution in [0, 0.1) is 0 Å². The molecule has 4 rings (SSSR count). The number of carbonyl (C=O) groups excluding carboxylic acids is 1. The van der Waals surface area contributed by atoms with Gasteiger partial charge in [-0.15, -0.1) is 0 Å². The highest BCUT2D eigenvalue weighted by Gasteiger charge is 2.33. The van der Waals surface area contributed by atoms with Crippen LogP contribution in [-0.2, 0) is 17.8 Å². The second-order valence-electron chi connectivity index (χ2n) is 6.96. The Morgan fingerprint density at radius 3 is 2.55 bits per heavy atom. The highest BCUT2D eigenvalue weighted by molar-refractivity contribution is 5.82. The lowest BCUT2D eigenvalue weighted by Crippen LogP contribution is -2.52. The van der Waals surface area contributed by atoms with E-state index in [2.05, 4.69) is 39.8 Å². The first-order valence-electron chi connectivity index (χ1n) is 8.64. The van der Waals surface area contributed by atoms with Crippen molar-refractivity contribution in [1.29, 1.82) is 0 Å². The molecule has 1 saturated heterocycles. The SMILES string of the molecule is O=C(NC1CCN(C2CC2)CC1)C1Cc2ccccc2CN1. The smallest absolute Gasteiger partial charge is 0.237 e. The summed E-state index contributed by atoms with van der Waals surface area (Å²) in [7, 11) is 0. The maximum absolute atomic E-state index is 12.5. The maximum Gasteiger partial charge on any atom is 0.237 e. The Balaban J connectivity index is 1.30. The predicted octanol–water partition coefficient (Wildman–Crippen LogP) is 1.44. The molecule has 1 aliphatic carbocycles. The first-order valence-corrected chi connectivity index (χ1v) is 8.64. The van der Waals surface area contributed by atoms with Gasteiger partial charge in [0.2, 0.25) is 5.91 Å². The van der Waals surface area contributed by atoms with E-state index in [9.17, 15) is 4.79 Å². The van der Waals surface area contributed by atoms with Crippen molar-refractivity contribution in [3.8, 4) is 0 Å². The summed E-state index contributed by atoms with van der Waals surface area (Å²) < 4.78 is 0. The van der Waals surface area contributed by atoms with Crippen molar-refractivity contribution in [2.24, 2.45) is 0 Å². The summed E-state index contributed by atoms with van der Waals surface area (Å²) in [4.78, 5) is 15.1. The summed E-state index contributed by atoms with van der Waals surface area (Å²) in [6.45, 7) is 3.10. The standard InChI is InChI=1S/C18H25N3O/c22-18(17-11-13-3-1-2-4-14(13)12-19-17)20-15-7-9-21(10-8-15)16-5-6-16/h1-4,15-17,19H,5-12H2,(H,20,22). The van der Waals surface area contributed by atoms with Crippen molar-refractivity contribution in [3.05, 3.63) is 35.4 Å². The Bertz CT molecular complexity index is 547. The predicted molar refractivity (Wildman–Crippen MR) is 86.5 cm³/mol. The average molecular weight is 299 g/mol. The summed E-state index contributed by atoms with van der Waals surface area (Å²) in [5.41, 5.74) is 2.63. The molecule has 0 aromatic heterocycles. The van der Waals surface area contributed by atoms with Crippen molar-refractivity contribution >= 4 is 5.91 Å². The van der Waals surface area contributed by atoms with Crippen molar-refractivity contribution in [1.82, 2.24) is 15.5 Å². The van der Waals surface area contributed by atoms with Crippen molar-refractivity contribution in [2.75, 3.05) is 13.1 Å². The average Bonchev–Trinajstić information content (AvgIpc) is 3.40. The lowest BCUT2D eigenvalue weighted by Gasteiger charge is -2.34. The summed E-state index contributed by atoms with van der Waals surface area (Å²) in [5, 5.41) is 6.65. The highest BCUT2D eigenvalue weighted by Crippen LogP contribution is 2.29. The highest BCUT2D eigenvalue weighted by atomic mass is 16.2. The third-order valence-electron chi connectivity index (χ3n) is 5.34. The van der Waals surface area contributed by atoms with Crippen LogP contribution in [0.15, 0.2) is 24.3 Å². The zero-order valence-corrected chi connectivity index (χ0v) is 13.1. The fraction of sp³-hybridized carbons (Fsp3) is 0.611. The van der Waals surface area contributed by atoms with Gasteiger partial charge in [0.25, 0.3) is 0 Å². The van der Waals surface area contributed by atoms with Gasteiger partial charge in [0.15, 0.2) is 0 Å². The molecule has 0 radical (unpaired) electrons. The quantitative estimate of drug-likeness (QED) is 0.888. The van der Waals surface area contributed by atoms with E-state index in [4.69, 9.17) is 0 Å². The van der Waals surface area contributed by atoms with Gasteiger partial charge in [-0.25, -0.2) is 0 Å². The number of nitrogens with zero attached hydrogens (tertiary/aromatic N) is 1. The van der Waals surface area contributed by atoms with Gasteiger partial charge in [-0.3, -0.25) is 4.79 Å².